The van der Waals surface area contributed by atoms with Gasteiger partial charge in [0.15, 0.2) is 0 Å². The molecule has 0 saturated heterocycles. The summed E-state index contributed by atoms with van der Waals surface area (Å²) in [6.07, 6.45) is 0. The minimum absolute atomic E-state index is 0.257. The lowest BCUT2D eigenvalue weighted by atomic mass is 10.2. The molecule has 0 heterocycles. The number of carbonyl (C=O) groups is 1. The fourth-order valence-corrected chi connectivity index (χ4v) is 2.90. The Morgan fingerprint density at radius 3 is 2.55 bits per heavy atom. The molecule has 2 rings (SSSR count). The zero-order valence-corrected chi connectivity index (χ0v) is 14.1. The Morgan fingerprint density at radius 2 is 1.95 bits per heavy atom. The highest BCUT2D eigenvalue weighted by Crippen LogP contribution is 2.25. The number of hydrogen-bond donors (Lipinski definition) is 2. The fraction of sp³-hybridized carbons (Fsp3) is 0. The maximum Gasteiger partial charge on any atom is 0.256 e. The van der Waals surface area contributed by atoms with Gasteiger partial charge >= 0.3 is 0 Å². The summed E-state index contributed by atoms with van der Waals surface area (Å²) in [7, 11) is 0. The first-order valence-electron chi connectivity index (χ1n) is 5.51. The van der Waals surface area contributed by atoms with Crippen molar-refractivity contribution in [2.75, 3.05) is 5.32 Å². The third-order valence-electron chi connectivity index (χ3n) is 2.55. The standard InChI is InChI=1S/C14H8Br2N2OS/c15-9-2-3-10(13(20)6-9)14(19)18-12-4-1-8(7-17)5-11(12)16/h1-6,20H,(H,18,19). The summed E-state index contributed by atoms with van der Waals surface area (Å²) in [6.45, 7) is 0. The van der Waals surface area contributed by atoms with Crippen molar-refractivity contribution in [1.82, 2.24) is 0 Å². The van der Waals surface area contributed by atoms with Crippen molar-refractivity contribution in [2.24, 2.45) is 0 Å². The number of nitrogens with zero attached hydrogens (tertiary/aromatic N) is 1. The SMILES string of the molecule is N#Cc1ccc(NC(=O)c2ccc(Br)cc2S)c(Br)c1. The average molecular weight is 412 g/mol. The first-order chi connectivity index (χ1) is 9.51. The van der Waals surface area contributed by atoms with Crippen LogP contribution in [0.15, 0.2) is 50.2 Å². The predicted molar refractivity (Wildman–Crippen MR) is 88.2 cm³/mol. The topological polar surface area (TPSA) is 52.9 Å². The number of anilines is 1. The van der Waals surface area contributed by atoms with Gasteiger partial charge in [-0.3, -0.25) is 4.79 Å². The Labute approximate surface area is 138 Å². The van der Waals surface area contributed by atoms with Crippen LogP contribution in [-0.2, 0) is 0 Å². The number of benzene rings is 2. The molecule has 3 nitrogen and oxygen atoms in total. The zero-order chi connectivity index (χ0) is 14.7. The molecule has 0 aliphatic heterocycles. The van der Waals surface area contributed by atoms with E-state index in [0.29, 0.717) is 26.2 Å². The van der Waals surface area contributed by atoms with Crippen molar-refractivity contribution >= 4 is 56.1 Å². The van der Waals surface area contributed by atoms with E-state index in [1.165, 1.54) is 0 Å². The summed E-state index contributed by atoms with van der Waals surface area (Å²) in [4.78, 5) is 12.8. The number of thiol groups is 1. The molecule has 0 atom stereocenters. The summed E-state index contributed by atoms with van der Waals surface area (Å²) >= 11 is 10.9. The number of halogens is 2. The summed E-state index contributed by atoms with van der Waals surface area (Å²) in [5.41, 5.74) is 1.60. The predicted octanol–water partition coefficient (Wildman–Crippen LogP) is 4.62. The second-order valence-electron chi connectivity index (χ2n) is 3.92. The molecular weight excluding hydrogens is 404 g/mol. The van der Waals surface area contributed by atoms with Crippen LogP contribution in [0, 0.1) is 11.3 Å². The normalized spacial score (nSPS) is 9.90. The number of nitrogens with one attached hydrogen (secondary N) is 1. The van der Waals surface area contributed by atoms with Gasteiger partial charge in [0.25, 0.3) is 5.91 Å². The van der Waals surface area contributed by atoms with Crippen LogP contribution < -0.4 is 5.32 Å². The lowest BCUT2D eigenvalue weighted by Gasteiger charge is -2.09. The monoisotopic (exact) mass is 410 g/mol. The molecule has 0 aliphatic rings. The van der Waals surface area contributed by atoms with E-state index in [-0.39, 0.29) is 5.91 Å². The van der Waals surface area contributed by atoms with Gasteiger partial charge in [-0.2, -0.15) is 5.26 Å². The smallest absolute Gasteiger partial charge is 0.256 e. The Morgan fingerprint density at radius 1 is 1.20 bits per heavy atom. The minimum atomic E-state index is -0.257. The molecule has 0 saturated carbocycles. The molecule has 2 aromatic carbocycles. The molecule has 0 bridgehead atoms. The van der Waals surface area contributed by atoms with Gasteiger partial charge in [0.1, 0.15) is 0 Å². The molecule has 20 heavy (non-hydrogen) atoms. The number of rotatable bonds is 2. The van der Waals surface area contributed by atoms with Crippen LogP contribution in [0.3, 0.4) is 0 Å². The second kappa shape index (κ2) is 6.44. The molecule has 0 unspecified atom stereocenters. The minimum Gasteiger partial charge on any atom is -0.321 e. The molecule has 6 heteroatoms. The van der Waals surface area contributed by atoms with Crippen molar-refractivity contribution in [3.63, 3.8) is 0 Å². The van der Waals surface area contributed by atoms with Crippen molar-refractivity contribution in [3.8, 4) is 6.07 Å². The molecule has 1 N–H and O–H groups in total. The van der Waals surface area contributed by atoms with Crippen molar-refractivity contribution in [3.05, 3.63) is 56.5 Å². The quantitative estimate of drug-likeness (QED) is 0.708. The Hall–Kier alpha value is -1.29. The Kier molecular flexibility index (Phi) is 4.86. The average Bonchev–Trinajstić information content (AvgIpc) is 2.40. The van der Waals surface area contributed by atoms with Gasteiger partial charge in [-0.05, 0) is 52.3 Å². The Balaban J connectivity index is 2.26. The van der Waals surface area contributed by atoms with Crippen LogP contribution in [0.2, 0.25) is 0 Å². The van der Waals surface area contributed by atoms with Gasteiger partial charge in [-0.15, -0.1) is 12.6 Å². The summed E-state index contributed by atoms with van der Waals surface area (Å²) < 4.78 is 1.52. The second-order valence-corrected chi connectivity index (χ2v) is 6.17. The number of nitriles is 1. The van der Waals surface area contributed by atoms with Crippen LogP contribution in [-0.4, -0.2) is 5.91 Å². The maximum atomic E-state index is 12.2. The molecule has 2 aromatic rings. The van der Waals surface area contributed by atoms with Crippen LogP contribution in [0.25, 0.3) is 0 Å². The van der Waals surface area contributed by atoms with E-state index in [1.807, 2.05) is 6.07 Å². The van der Waals surface area contributed by atoms with Crippen molar-refractivity contribution in [1.29, 1.82) is 5.26 Å². The highest BCUT2D eigenvalue weighted by Gasteiger charge is 2.12. The molecular formula is C14H8Br2N2OS. The zero-order valence-electron chi connectivity index (χ0n) is 10.0. The van der Waals surface area contributed by atoms with E-state index in [1.54, 1.807) is 36.4 Å². The largest absolute Gasteiger partial charge is 0.321 e. The molecule has 0 aromatic heterocycles. The lowest BCUT2D eigenvalue weighted by molar-refractivity contribution is 0.102. The summed E-state index contributed by atoms with van der Waals surface area (Å²) in [5, 5.41) is 11.6. The summed E-state index contributed by atoms with van der Waals surface area (Å²) in [5.74, 6) is -0.257. The third kappa shape index (κ3) is 3.42. The van der Waals surface area contributed by atoms with E-state index in [4.69, 9.17) is 5.26 Å². The maximum absolute atomic E-state index is 12.2. The van der Waals surface area contributed by atoms with Gasteiger partial charge in [-0.1, -0.05) is 15.9 Å². The van der Waals surface area contributed by atoms with Gasteiger partial charge in [-0.25, -0.2) is 0 Å². The first-order valence-corrected chi connectivity index (χ1v) is 7.54. The van der Waals surface area contributed by atoms with E-state index < -0.39 is 0 Å². The third-order valence-corrected chi connectivity index (χ3v) is 4.07. The molecule has 0 spiro atoms. The highest BCUT2D eigenvalue weighted by atomic mass is 79.9. The van der Waals surface area contributed by atoms with Crippen LogP contribution in [0.1, 0.15) is 15.9 Å². The van der Waals surface area contributed by atoms with Gasteiger partial charge in [0.2, 0.25) is 0 Å². The van der Waals surface area contributed by atoms with Crippen LogP contribution in [0.5, 0.6) is 0 Å². The lowest BCUT2D eigenvalue weighted by Crippen LogP contribution is -2.13. The number of hydrogen-bond acceptors (Lipinski definition) is 3. The first kappa shape index (κ1) is 15.1. The fourth-order valence-electron chi connectivity index (χ4n) is 1.57. The molecule has 100 valence electrons. The van der Waals surface area contributed by atoms with Crippen molar-refractivity contribution < 1.29 is 4.79 Å². The van der Waals surface area contributed by atoms with Gasteiger partial charge < -0.3 is 5.32 Å². The van der Waals surface area contributed by atoms with Gasteiger partial charge in [0.05, 0.1) is 22.9 Å². The van der Waals surface area contributed by atoms with Crippen molar-refractivity contribution in [2.45, 2.75) is 4.90 Å². The molecule has 0 aliphatic carbocycles. The van der Waals surface area contributed by atoms with Crippen LogP contribution >= 0.6 is 44.5 Å². The Bertz CT molecular complexity index is 726. The van der Waals surface area contributed by atoms with E-state index in [0.717, 1.165) is 4.47 Å². The number of carbonyl (C=O) groups excluding carboxylic acids is 1. The molecule has 0 fully saturated rings. The molecule has 0 radical (unpaired) electrons. The van der Waals surface area contributed by atoms with E-state index in [9.17, 15) is 4.79 Å². The van der Waals surface area contributed by atoms with Gasteiger partial charge in [0, 0.05) is 13.8 Å². The van der Waals surface area contributed by atoms with Crippen LogP contribution in [0.4, 0.5) is 5.69 Å². The van der Waals surface area contributed by atoms with E-state index >= 15 is 0 Å². The summed E-state index contributed by atoms with van der Waals surface area (Å²) in [6, 6.07) is 12.2. The molecule has 1 amide bonds. The highest BCUT2D eigenvalue weighted by molar-refractivity contribution is 9.10. The number of amides is 1. The van der Waals surface area contributed by atoms with E-state index in [2.05, 4.69) is 49.8 Å².